The fraction of sp³-hybridized carbons (Fsp3) is 0.562. The minimum Gasteiger partial charge on any atom is -0.495 e. The molecule has 140 valence electrons. The molecule has 4 N–H and O–H groups in total. The van der Waals surface area contributed by atoms with E-state index >= 15 is 0 Å². The Morgan fingerprint density at radius 1 is 1.33 bits per heavy atom. The van der Waals surface area contributed by atoms with Gasteiger partial charge < -0.3 is 21.1 Å². The average molecular weight is 401 g/mol. The van der Waals surface area contributed by atoms with E-state index in [4.69, 9.17) is 22.1 Å². The maximum absolute atomic E-state index is 11.9. The van der Waals surface area contributed by atoms with Gasteiger partial charge in [-0.3, -0.25) is 4.79 Å². The van der Waals surface area contributed by atoms with Crippen LogP contribution in [0.4, 0.5) is 5.69 Å². The first-order valence-corrected chi connectivity index (χ1v) is 7.90. The Morgan fingerprint density at radius 3 is 2.54 bits per heavy atom. The minimum absolute atomic E-state index is 0. The summed E-state index contributed by atoms with van der Waals surface area (Å²) in [4.78, 5) is 11.9. The smallest absolute Gasteiger partial charge is 0.222 e. The van der Waals surface area contributed by atoms with Crippen molar-refractivity contribution in [3.05, 3.63) is 23.2 Å². The summed E-state index contributed by atoms with van der Waals surface area (Å²) >= 11 is 5.96. The van der Waals surface area contributed by atoms with Crippen LogP contribution in [0.2, 0.25) is 5.02 Å². The number of ether oxygens (including phenoxy) is 1. The van der Waals surface area contributed by atoms with Gasteiger partial charge in [0.25, 0.3) is 0 Å². The Morgan fingerprint density at radius 2 is 2.00 bits per heavy atom. The lowest BCUT2D eigenvalue weighted by Crippen LogP contribution is -2.41. The van der Waals surface area contributed by atoms with Crippen molar-refractivity contribution in [2.24, 2.45) is 11.7 Å². The number of rotatable bonds is 9. The Bertz CT molecular complexity index is 488. The zero-order chi connectivity index (χ0) is 16.5. The molecule has 24 heavy (non-hydrogen) atoms. The van der Waals surface area contributed by atoms with Gasteiger partial charge in [-0.15, -0.1) is 24.8 Å². The van der Waals surface area contributed by atoms with Crippen LogP contribution in [0.3, 0.4) is 0 Å². The standard InChI is InChI=1S/C16H26ClN3O2.2ClH/c1-11(2)8-13(10-18)20-16(21)6-7-19-14-9-12(17)4-5-15(14)22-3;;/h4-5,9,11,13,19H,6-8,10,18H2,1-3H3,(H,20,21);2*1H. The molecule has 0 aliphatic heterocycles. The SMILES string of the molecule is COc1ccc(Cl)cc1NCCC(=O)NC(CN)CC(C)C.Cl.Cl. The minimum atomic E-state index is -0.00963. The Labute approximate surface area is 161 Å². The lowest BCUT2D eigenvalue weighted by atomic mass is 10.0. The highest BCUT2D eigenvalue weighted by Crippen LogP contribution is 2.27. The highest BCUT2D eigenvalue weighted by Gasteiger charge is 2.12. The molecule has 0 aliphatic rings. The summed E-state index contributed by atoms with van der Waals surface area (Å²) in [5.74, 6) is 1.19. The van der Waals surface area contributed by atoms with Crippen molar-refractivity contribution in [1.82, 2.24) is 5.32 Å². The van der Waals surface area contributed by atoms with Crippen LogP contribution in [0.1, 0.15) is 26.7 Å². The maximum atomic E-state index is 11.9. The number of hydrogen-bond donors (Lipinski definition) is 3. The zero-order valence-corrected chi connectivity index (χ0v) is 16.7. The van der Waals surface area contributed by atoms with Gasteiger partial charge in [0.15, 0.2) is 0 Å². The Hall–Kier alpha value is -0.880. The summed E-state index contributed by atoms with van der Waals surface area (Å²) < 4.78 is 5.25. The Kier molecular flexibility index (Phi) is 14.2. The van der Waals surface area contributed by atoms with Gasteiger partial charge in [-0.1, -0.05) is 25.4 Å². The number of nitrogens with one attached hydrogen (secondary N) is 2. The van der Waals surface area contributed by atoms with Crippen molar-refractivity contribution in [1.29, 1.82) is 0 Å². The van der Waals surface area contributed by atoms with Crippen molar-refractivity contribution >= 4 is 48.0 Å². The van der Waals surface area contributed by atoms with E-state index in [-0.39, 0.29) is 36.8 Å². The second-order valence-electron chi connectivity index (χ2n) is 5.65. The molecular weight excluding hydrogens is 373 g/mol. The molecule has 0 aliphatic carbocycles. The lowest BCUT2D eigenvalue weighted by Gasteiger charge is -2.19. The molecule has 0 radical (unpaired) electrons. The van der Waals surface area contributed by atoms with Gasteiger partial charge in [-0.05, 0) is 30.5 Å². The molecule has 0 spiro atoms. The van der Waals surface area contributed by atoms with Crippen LogP contribution < -0.4 is 21.1 Å². The first-order valence-electron chi connectivity index (χ1n) is 7.53. The molecule has 1 aromatic carbocycles. The average Bonchev–Trinajstić information content (AvgIpc) is 2.46. The number of halogens is 3. The largest absolute Gasteiger partial charge is 0.495 e. The second-order valence-corrected chi connectivity index (χ2v) is 6.09. The topological polar surface area (TPSA) is 76.4 Å². The van der Waals surface area contributed by atoms with Crippen LogP contribution in [0, 0.1) is 5.92 Å². The second kappa shape index (κ2) is 13.4. The summed E-state index contributed by atoms with van der Waals surface area (Å²) in [6.07, 6.45) is 1.25. The molecule has 1 atom stereocenters. The molecule has 1 aromatic rings. The van der Waals surface area contributed by atoms with E-state index in [1.807, 2.05) is 0 Å². The molecule has 0 bridgehead atoms. The van der Waals surface area contributed by atoms with Gasteiger partial charge in [0.2, 0.25) is 5.91 Å². The molecule has 0 saturated carbocycles. The van der Waals surface area contributed by atoms with Crippen LogP contribution in [-0.4, -0.2) is 32.1 Å². The van der Waals surface area contributed by atoms with E-state index in [2.05, 4.69) is 24.5 Å². The van der Waals surface area contributed by atoms with Crippen molar-refractivity contribution in [2.75, 3.05) is 25.5 Å². The summed E-state index contributed by atoms with van der Waals surface area (Å²) in [7, 11) is 1.60. The highest BCUT2D eigenvalue weighted by molar-refractivity contribution is 6.30. The van der Waals surface area contributed by atoms with Gasteiger partial charge in [0, 0.05) is 30.6 Å². The first kappa shape index (κ1) is 25.4. The molecule has 0 fully saturated rings. The third kappa shape index (κ3) is 9.42. The number of methoxy groups -OCH3 is 1. The third-order valence-corrected chi connectivity index (χ3v) is 3.47. The van der Waals surface area contributed by atoms with Gasteiger partial charge in [-0.2, -0.15) is 0 Å². The monoisotopic (exact) mass is 399 g/mol. The van der Waals surface area contributed by atoms with Crippen LogP contribution in [-0.2, 0) is 4.79 Å². The molecule has 1 unspecified atom stereocenters. The summed E-state index contributed by atoms with van der Waals surface area (Å²) in [5.41, 5.74) is 6.46. The molecule has 5 nitrogen and oxygen atoms in total. The van der Waals surface area contributed by atoms with E-state index < -0.39 is 0 Å². The number of benzene rings is 1. The molecule has 1 rings (SSSR count). The summed E-state index contributed by atoms with van der Waals surface area (Å²) in [6, 6.07) is 5.36. The van der Waals surface area contributed by atoms with Gasteiger partial charge in [-0.25, -0.2) is 0 Å². The van der Waals surface area contributed by atoms with Crippen LogP contribution in [0.25, 0.3) is 0 Å². The molecule has 8 heteroatoms. The zero-order valence-electron chi connectivity index (χ0n) is 14.3. The molecule has 0 saturated heterocycles. The predicted octanol–water partition coefficient (Wildman–Crippen LogP) is 3.48. The fourth-order valence-corrected chi connectivity index (χ4v) is 2.38. The Balaban J connectivity index is 0. The van der Waals surface area contributed by atoms with E-state index in [0.29, 0.717) is 36.2 Å². The third-order valence-electron chi connectivity index (χ3n) is 3.23. The van der Waals surface area contributed by atoms with Crippen LogP contribution in [0.5, 0.6) is 5.75 Å². The quantitative estimate of drug-likeness (QED) is 0.593. The van der Waals surface area contributed by atoms with Gasteiger partial charge >= 0.3 is 0 Å². The maximum Gasteiger partial charge on any atom is 0.222 e. The predicted molar refractivity (Wildman–Crippen MR) is 106 cm³/mol. The van der Waals surface area contributed by atoms with Crippen molar-refractivity contribution in [3.8, 4) is 5.75 Å². The number of hydrogen-bond acceptors (Lipinski definition) is 4. The van der Waals surface area contributed by atoms with E-state index in [0.717, 1.165) is 12.1 Å². The number of anilines is 1. The van der Waals surface area contributed by atoms with Crippen LogP contribution in [0.15, 0.2) is 18.2 Å². The molecule has 1 amide bonds. The number of nitrogens with two attached hydrogens (primary N) is 1. The number of amides is 1. The lowest BCUT2D eigenvalue weighted by molar-refractivity contribution is -0.121. The van der Waals surface area contributed by atoms with Gasteiger partial charge in [0.1, 0.15) is 5.75 Å². The van der Waals surface area contributed by atoms with E-state index in [9.17, 15) is 4.79 Å². The van der Waals surface area contributed by atoms with E-state index in [1.54, 1.807) is 25.3 Å². The van der Waals surface area contributed by atoms with Crippen molar-refractivity contribution in [3.63, 3.8) is 0 Å². The number of carbonyl (C=O) groups excluding carboxylic acids is 1. The highest BCUT2D eigenvalue weighted by atomic mass is 35.5. The fourth-order valence-electron chi connectivity index (χ4n) is 2.21. The van der Waals surface area contributed by atoms with Crippen molar-refractivity contribution in [2.45, 2.75) is 32.7 Å². The summed E-state index contributed by atoms with van der Waals surface area (Å²) in [6.45, 7) is 5.19. The molecule has 0 heterocycles. The van der Waals surface area contributed by atoms with Crippen molar-refractivity contribution < 1.29 is 9.53 Å². The normalized spacial score (nSPS) is 11.1. The molecule has 0 aromatic heterocycles. The van der Waals surface area contributed by atoms with E-state index in [1.165, 1.54) is 0 Å². The van der Waals surface area contributed by atoms with Gasteiger partial charge in [0.05, 0.1) is 12.8 Å². The summed E-state index contributed by atoms with van der Waals surface area (Å²) in [5, 5.41) is 6.75. The first-order chi connectivity index (χ1) is 10.5. The number of carbonyl (C=O) groups is 1. The molecular formula is C16H28Cl3N3O2. The van der Waals surface area contributed by atoms with Crippen LogP contribution >= 0.6 is 36.4 Å².